The normalized spacial score (nSPS) is 26.7. The van der Waals surface area contributed by atoms with Crippen LogP contribution in [0.5, 0.6) is 5.75 Å². The summed E-state index contributed by atoms with van der Waals surface area (Å²) in [6.45, 7) is 1.17. The minimum Gasteiger partial charge on any atom is -0.496 e. The molecule has 1 aliphatic heterocycles. The molecule has 120 valence electrons. The van der Waals surface area contributed by atoms with Crippen LogP contribution in [0, 0.1) is 5.92 Å². The largest absolute Gasteiger partial charge is 0.496 e. The van der Waals surface area contributed by atoms with Crippen LogP contribution in [0.3, 0.4) is 0 Å². The molecule has 0 amide bonds. The zero-order chi connectivity index (χ0) is 16.0. The third-order valence-electron chi connectivity index (χ3n) is 5.53. The van der Waals surface area contributed by atoms with Crippen molar-refractivity contribution in [3.63, 3.8) is 0 Å². The lowest BCUT2D eigenvalue weighted by Crippen LogP contribution is -2.34. The van der Waals surface area contributed by atoms with Crippen LogP contribution < -0.4 is 4.74 Å². The number of hydrogen-bond donors (Lipinski definition) is 0. The molecule has 3 heteroatoms. The second-order valence-electron chi connectivity index (χ2n) is 6.72. The first-order valence-corrected chi connectivity index (χ1v) is 8.71. The van der Waals surface area contributed by atoms with Gasteiger partial charge in [0.15, 0.2) is 0 Å². The highest BCUT2D eigenvalue weighted by Crippen LogP contribution is 2.55. The van der Waals surface area contributed by atoms with Crippen LogP contribution in [-0.2, 0) is 0 Å². The Hall–Kier alpha value is -1.51. The van der Waals surface area contributed by atoms with E-state index < -0.39 is 0 Å². The van der Waals surface area contributed by atoms with Crippen molar-refractivity contribution in [1.82, 2.24) is 4.90 Å². The number of fused-ring (bicyclic) bond motifs is 3. The summed E-state index contributed by atoms with van der Waals surface area (Å²) in [5, 5.41) is 0.824. The molecule has 4 rings (SSSR count). The van der Waals surface area contributed by atoms with Gasteiger partial charge in [-0.25, -0.2) is 0 Å². The summed E-state index contributed by atoms with van der Waals surface area (Å²) in [5.74, 6) is 1.95. The molecule has 0 bridgehead atoms. The van der Waals surface area contributed by atoms with Crippen LogP contribution in [0.2, 0.25) is 5.02 Å². The lowest BCUT2D eigenvalue weighted by molar-refractivity contribution is 0.126. The molecule has 23 heavy (non-hydrogen) atoms. The fraction of sp³-hybridized carbons (Fsp3) is 0.400. The minimum absolute atomic E-state index is 0.368. The van der Waals surface area contributed by atoms with Gasteiger partial charge in [0.25, 0.3) is 0 Å². The van der Waals surface area contributed by atoms with Gasteiger partial charge in [0.2, 0.25) is 0 Å². The Morgan fingerprint density at radius 3 is 2.74 bits per heavy atom. The number of nitrogens with zero attached hydrogens (tertiary/aromatic N) is 1. The minimum atomic E-state index is 0.368. The van der Waals surface area contributed by atoms with Gasteiger partial charge in [-0.1, -0.05) is 35.9 Å². The molecule has 1 fully saturated rings. The molecule has 1 heterocycles. The number of likely N-dealkylation sites (tertiary alicyclic amines) is 1. The van der Waals surface area contributed by atoms with E-state index >= 15 is 0 Å². The Morgan fingerprint density at radius 1 is 1.09 bits per heavy atom. The molecule has 3 atom stereocenters. The number of halogens is 1. The second-order valence-corrected chi connectivity index (χ2v) is 7.16. The van der Waals surface area contributed by atoms with E-state index in [1.165, 1.54) is 36.1 Å². The number of hydrogen-bond acceptors (Lipinski definition) is 2. The molecule has 2 aromatic rings. The topological polar surface area (TPSA) is 12.5 Å². The van der Waals surface area contributed by atoms with E-state index in [-0.39, 0.29) is 0 Å². The molecule has 0 aromatic heterocycles. The fourth-order valence-electron chi connectivity index (χ4n) is 4.65. The van der Waals surface area contributed by atoms with Gasteiger partial charge in [-0.15, -0.1) is 0 Å². The predicted molar refractivity (Wildman–Crippen MR) is 94.4 cm³/mol. The average Bonchev–Trinajstić information content (AvgIpc) is 2.89. The second kappa shape index (κ2) is 5.85. The van der Waals surface area contributed by atoms with Gasteiger partial charge in [-0.05, 0) is 61.7 Å². The summed E-state index contributed by atoms with van der Waals surface area (Å²) in [6.07, 6.45) is 2.51. The predicted octanol–water partition coefficient (Wildman–Crippen LogP) is 4.88. The van der Waals surface area contributed by atoms with Crippen LogP contribution in [0.1, 0.15) is 41.5 Å². The molecule has 2 nitrogen and oxygen atoms in total. The van der Waals surface area contributed by atoms with Crippen LogP contribution in [0.25, 0.3) is 0 Å². The smallest absolute Gasteiger partial charge is 0.122 e. The summed E-state index contributed by atoms with van der Waals surface area (Å²) >= 11 is 6.34. The van der Waals surface area contributed by atoms with Gasteiger partial charge >= 0.3 is 0 Å². The van der Waals surface area contributed by atoms with Crippen molar-refractivity contribution in [2.24, 2.45) is 5.92 Å². The van der Waals surface area contributed by atoms with E-state index in [0.29, 0.717) is 17.9 Å². The van der Waals surface area contributed by atoms with Crippen LogP contribution in [0.15, 0.2) is 42.5 Å². The maximum absolute atomic E-state index is 6.34. The lowest BCUT2D eigenvalue weighted by atomic mass is 9.79. The third-order valence-corrected chi connectivity index (χ3v) is 5.77. The standard InChI is InChI=1S/C20H22ClNO/c1-22-11-5-7-16-19(15-6-3-4-8-18(15)23-2)17-12-13(21)9-10-14(17)20(16)22/h3-4,6,8-10,12,16,19-20H,5,7,11H2,1-2H3. The van der Waals surface area contributed by atoms with Crippen molar-refractivity contribution in [2.45, 2.75) is 24.8 Å². The molecule has 0 N–H and O–H groups in total. The maximum atomic E-state index is 6.34. The van der Waals surface area contributed by atoms with E-state index in [4.69, 9.17) is 16.3 Å². The van der Waals surface area contributed by atoms with Crippen molar-refractivity contribution < 1.29 is 4.74 Å². The van der Waals surface area contributed by atoms with Crippen LogP contribution in [0.4, 0.5) is 0 Å². The van der Waals surface area contributed by atoms with E-state index in [0.717, 1.165) is 10.8 Å². The summed E-state index contributed by atoms with van der Waals surface area (Å²) in [4.78, 5) is 2.51. The Labute approximate surface area is 143 Å². The van der Waals surface area contributed by atoms with E-state index in [2.05, 4.69) is 42.3 Å². The third kappa shape index (κ3) is 2.36. The molecule has 3 unspecified atom stereocenters. The molecule has 2 aliphatic rings. The molecule has 2 aromatic carbocycles. The first kappa shape index (κ1) is 15.0. The number of piperidine rings is 1. The SMILES string of the molecule is COc1ccccc1C1c2cc(Cl)ccc2C2C1CCCN2C. The van der Waals surface area contributed by atoms with Crippen molar-refractivity contribution in [1.29, 1.82) is 0 Å². The Kier molecular flexibility index (Phi) is 3.82. The van der Waals surface area contributed by atoms with Gasteiger partial charge in [-0.3, -0.25) is 4.90 Å². The van der Waals surface area contributed by atoms with Gasteiger partial charge < -0.3 is 4.74 Å². The van der Waals surface area contributed by atoms with E-state index in [1.54, 1.807) is 7.11 Å². The Morgan fingerprint density at radius 2 is 1.91 bits per heavy atom. The number of rotatable bonds is 2. The molecule has 0 radical (unpaired) electrons. The van der Waals surface area contributed by atoms with Crippen molar-refractivity contribution in [3.05, 3.63) is 64.2 Å². The first-order valence-electron chi connectivity index (χ1n) is 8.33. The van der Waals surface area contributed by atoms with Crippen molar-refractivity contribution in [2.75, 3.05) is 20.7 Å². The number of methoxy groups -OCH3 is 1. The van der Waals surface area contributed by atoms with Gasteiger partial charge in [0, 0.05) is 22.5 Å². The number of benzene rings is 2. The molecule has 0 saturated carbocycles. The van der Waals surface area contributed by atoms with Crippen molar-refractivity contribution >= 4 is 11.6 Å². The molecular formula is C20H22ClNO. The fourth-order valence-corrected chi connectivity index (χ4v) is 4.83. The Balaban J connectivity index is 1.90. The van der Waals surface area contributed by atoms with Gasteiger partial charge in [-0.2, -0.15) is 0 Å². The quantitative estimate of drug-likeness (QED) is 0.779. The van der Waals surface area contributed by atoms with E-state index in [9.17, 15) is 0 Å². The molecule has 0 spiro atoms. The van der Waals surface area contributed by atoms with Gasteiger partial charge in [0.05, 0.1) is 7.11 Å². The number of para-hydroxylation sites is 1. The summed E-state index contributed by atoms with van der Waals surface area (Å²) in [6, 6.07) is 15.4. The summed E-state index contributed by atoms with van der Waals surface area (Å²) < 4.78 is 5.66. The summed E-state index contributed by atoms with van der Waals surface area (Å²) in [5.41, 5.74) is 4.12. The highest BCUT2D eigenvalue weighted by atomic mass is 35.5. The zero-order valence-corrected chi connectivity index (χ0v) is 14.4. The van der Waals surface area contributed by atoms with Crippen molar-refractivity contribution in [3.8, 4) is 5.75 Å². The average molecular weight is 328 g/mol. The monoisotopic (exact) mass is 327 g/mol. The maximum Gasteiger partial charge on any atom is 0.122 e. The number of ether oxygens (including phenoxy) is 1. The van der Waals surface area contributed by atoms with Gasteiger partial charge in [0.1, 0.15) is 5.75 Å². The highest BCUT2D eigenvalue weighted by molar-refractivity contribution is 6.30. The lowest BCUT2D eigenvalue weighted by Gasteiger charge is -2.37. The Bertz CT molecular complexity index is 729. The molecular weight excluding hydrogens is 306 g/mol. The molecule has 1 saturated heterocycles. The van der Waals surface area contributed by atoms with Crippen LogP contribution >= 0.6 is 11.6 Å². The first-order chi connectivity index (χ1) is 11.2. The van der Waals surface area contributed by atoms with Crippen LogP contribution in [-0.4, -0.2) is 25.6 Å². The summed E-state index contributed by atoms with van der Waals surface area (Å²) in [7, 11) is 4.01. The highest BCUT2D eigenvalue weighted by Gasteiger charge is 2.45. The zero-order valence-electron chi connectivity index (χ0n) is 13.6. The molecule has 1 aliphatic carbocycles. The van der Waals surface area contributed by atoms with E-state index in [1.807, 2.05) is 12.1 Å².